The number of imide groups is 2. The average molecular weight is 531 g/mol. The molecule has 6 rings (SSSR count). The Bertz CT molecular complexity index is 1510. The summed E-state index contributed by atoms with van der Waals surface area (Å²) in [6, 6.07) is 23.2. The number of allylic oxidation sites excluding steroid dienone is 2. The number of rotatable bonds is 7. The molecule has 0 N–H and O–H groups in total. The molecule has 0 unspecified atom stereocenters. The summed E-state index contributed by atoms with van der Waals surface area (Å²) in [7, 11) is 0. The summed E-state index contributed by atoms with van der Waals surface area (Å²) in [5.41, 5.74) is 2.95. The van der Waals surface area contributed by atoms with E-state index in [4.69, 9.17) is 9.47 Å². The maximum absolute atomic E-state index is 12.0. The Morgan fingerprint density at radius 1 is 0.550 bits per heavy atom. The molecule has 0 saturated carbocycles. The standard InChI is InChI=1S/C32H22N2O6/c35-28-14-15-29(36)33(28)24-6-10-26(11-7-24)39-32(20-18-23(19-21-32)22-4-2-1-3-5-22)40-27-12-8-25(9-13-27)34-30(37)16-17-31(34)38/h1-20H,21H2. The lowest BCUT2D eigenvalue weighted by atomic mass is 9.96. The molecular formula is C32H22N2O6. The first-order valence-corrected chi connectivity index (χ1v) is 12.6. The van der Waals surface area contributed by atoms with E-state index in [0.717, 1.165) is 20.9 Å². The van der Waals surface area contributed by atoms with Gasteiger partial charge in [-0.2, -0.15) is 0 Å². The van der Waals surface area contributed by atoms with E-state index >= 15 is 0 Å². The topological polar surface area (TPSA) is 93.2 Å². The van der Waals surface area contributed by atoms with E-state index in [1.54, 1.807) is 48.5 Å². The van der Waals surface area contributed by atoms with E-state index in [9.17, 15) is 19.2 Å². The van der Waals surface area contributed by atoms with E-state index < -0.39 is 29.4 Å². The van der Waals surface area contributed by atoms with Crippen LogP contribution in [0.1, 0.15) is 12.0 Å². The first-order valence-electron chi connectivity index (χ1n) is 12.6. The first-order chi connectivity index (χ1) is 19.4. The second kappa shape index (κ2) is 9.99. The number of benzene rings is 3. The second-order valence-corrected chi connectivity index (χ2v) is 9.26. The minimum Gasteiger partial charge on any atom is -0.448 e. The molecule has 3 aromatic carbocycles. The smallest absolute Gasteiger partial charge is 0.274 e. The van der Waals surface area contributed by atoms with Crippen LogP contribution in [0.5, 0.6) is 11.5 Å². The fraction of sp³-hybridized carbons (Fsp3) is 0.0625. The molecule has 3 aliphatic rings. The molecule has 0 fully saturated rings. The van der Waals surface area contributed by atoms with Crippen LogP contribution in [-0.4, -0.2) is 29.4 Å². The van der Waals surface area contributed by atoms with Crippen molar-refractivity contribution in [3.05, 3.63) is 127 Å². The van der Waals surface area contributed by atoms with Crippen molar-refractivity contribution in [3.63, 3.8) is 0 Å². The van der Waals surface area contributed by atoms with Crippen molar-refractivity contribution in [3.8, 4) is 11.5 Å². The molecule has 196 valence electrons. The molecule has 0 spiro atoms. The van der Waals surface area contributed by atoms with Gasteiger partial charge in [-0.25, -0.2) is 9.80 Å². The Hall–Kier alpha value is -5.50. The third kappa shape index (κ3) is 4.74. The number of nitrogens with zero attached hydrogens (tertiary/aromatic N) is 2. The van der Waals surface area contributed by atoms with Crippen LogP contribution in [0.4, 0.5) is 11.4 Å². The molecule has 1 aliphatic carbocycles. The predicted molar refractivity (Wildman–Crippen MR) is 148 cm³/mol. The number of carbonyl (C=O) groups excluding carboxylic acids is 4. The Morgan fingerprint density at radius 2 is 1.00 bits per heavy atom. The lowest BCUT2D eigenvalue weighted by Gasteiger charge is -2.33. The van der Waals surface area contributed by atoms with Gasteiger partial charge < -0.3 is 9.47 Å². The highest BCUT2D eigenvalue weighted by Crippen LogP contribution is 2.35. The molecule has 0 saturated heterocycles. The summed E-state index contributed by atoms with van der Waals surface area (Å²) < 4.78 is 12.8. The van der Waals surface area contributed by atoms with Crippen LogP contribution in [0.15, 0.2) is 121 Å². The number of anilines is 2. The Kier molecular flexibility index (Phi) is 6.20. The number of hydrogen-bond donors (Lipinski definition) is 0. The molecule has 40 heavy (non-hydrogen) atoms. The fourth-order valence-electron chi connectivity index (χ4n) is 4.66. The van der Waals surface area contributed by atoms with Gasteiger partial charge in [0.2, 0.25) is 0 Å². The van der Waals surface area contributed by atoms with Crippen LogP contribution >= 0.6 is 0 Å². The largest absolute Gasteiger partial charge is 0.448 e. The number of amides is 4. The van der Waals surface area contributed by atoms with E-state index in [1.165, 1.54) is 24.3 Å². The highest BCUT2D eigenvalue weighted by molar-refractivity contribution is 6.28. The summed E-state index contributed by atoms with van der Waals surface area (Å²) >= 11 is 0. The molecule has 0 atom stereocenters. The average Bonchev–Trinajstić information content (AvgIpc) is 3.49. The van der Waals surface area contributed by atoms with Crippen molar-refractivity contribution in [2.45, 2.75) is 12.2 Å². The molecule has 8 heteroatoms. The van der Waals surface area contributed by atoms with Crippen LogP contribution in [0.3, 0.4) is 0 Å². The summed E-state index contributed by atoms with van der Waals surface area (Å²) in [5, 5.41) is 0. The number of hydrogen-bond acceptors (Lipinski definition) is 6. The van der Waals surface area contributed by atoms with E-state index in [2.05, 4.69) is 0 Å². The Morgan fingerprint density at radius 3 is 1.40 bits per heavy atom. The predicted octanol–water partition coefficient (Wildman–Crippen LogP) is 4.74. The second-order valence-electron chi connectivity index (χ2n) is 9.26. The van der Waals surface area contributed by atoms with Gasteiger partial charge >= 0.3 is 0 Å². The number of ether oxygens (including phenoxy) is 2. The van der Waals surface area contributed by atoms with Gasteiger partial charge in [-0.05, 0) is 59.7 Å². The van der Waals surface area contributed by atoms with Gasteiger partial charge in [-0.3, -0.25) is 19.2 Å². The fourth-order valence-corrected chi connectivity index (χ4v) is 4.66. The van der Waals surface area contributed by atoms with Crippen molar-refractivity contribution < 1.29 is 28.7 Å². The quantitative estimate of drug-likeness (QED) is 0.324. The summed E-state index contributed by atoms with van der Waals surface area (Å²) in [4.78, 5) is 50.3. The molecule has 0 bridgehead atoms. The lowest BCUT2D eigenvalue weighted by molar-refractivity contribution is -0.121. The maximum Gasteiger partial charge on any atom is 0.274 e. The van der Waals surface area contributed by atoms with Gasteiger partial charge in [0.1, 0.15) is 11.5 Å². The zero-order valence-electron chi connectivity index (χ0n) is 21.1. The number of carbonyl (C=O) groups is 4. The summed E-state index contributed by atoms with van der Waals surface area (Å²) in [6.45, 7) is 0. The third-order valence-electron chi connectivity index (χ3n) is 6.62. The van der Waals surface area contributed by atoms with Crippen LogP contribution in [0.2, 0.25) is 0 Å². The SMILES string of the molecule is O=C1C=CC(=O)N1c1ccc(OC2(Oc3ccc(N4C(=O)C=CC4=O)cc3)C=CC(c3ccccc3)=CC2)cc1. The zero-order chi connectivity index (χ0) is 27.7. The molecular weight excluding hydrogens is 508 g/mol. The van der Waals surface area contributed by atoms with Crippen molar-refractivity contribution in [1.29, 1.82) is 0 Å². The lowest BCUT2D eigenvalue weighted by Crippen LogP contribution is -2.41. The molecule has 0 radical (unpaired) electrons. The van der Waals surface area contributed by atoms with Gasteiger partial charge in [0, 0.05) is 36.8 Å². The van der Waals surface area contributed by atoms with Crippen LogP contribution in [-0.2, 0) is 19.2 Å². The Labute approximate surface area is 229 Å². The minimum absolute atomic E-state index is 0.372. The molecule has 0 aromatic heterocycles. The molecule has 4 amide bonds. The normalized spacial score (nSPS) is 17.6. The molecule has 3 aromatic rings. The minimum atomic E-state index is -1.22. The Balaban J connectivity index is 1.26. The van der Waals surface area contributed by atoms with Gasteiger partial charge in [0.05, 0.1) is 11.4 Å². The van der Waals surface area contributed by atoms with Gasteiger partial charge in [0.25, 0.3) is 29.4 Å². The van der Waals surface area contributed by atoms with Crippen LogP contribution in [0, 0.1) is 0 Å². The first kappa shape index (κ1) is 24.8. The van der Waals surface area contributed by atoms with Gasteiger partial charge in [0.15, 0.2) is 0 Å². The highest BCUT2D eigenvalue weighted by Gasteiger charge is 2.34. The van der Waals surface area contributed by atoms with Crippen LogP contribution < -0.4 is 19.3 Å². The summed E-state index contributed by atoms with van der Waals surface area (Å²) in [5.74, 6) is -1.88. The van der Waals surface area contributed by atoms with Gasteiger partial charge in [-0.1, -0.05) is 42.5 Å². The van der Waals surface area contributed by atoms with Crippen LogP contribution in [0.25, 0.3) is 5.57 Å². The molecule has 8 nitrogen and oxygen atoms in total. The maximum atomic E-state index is 12.0. The van der Waals surface area contributed by atoms with Gasteiger partial charge in [-0.15, -0.1) is 0 Å². The van der Waals surface area contributed by atoms with E-state index in [-0.39, 0.29) is 0 Å². The molecule has 2 aliphatic heterocycles. The highest BCUT2D eigenvalue weighted by atomic mass is 16.7. The monoisotopic (exact) mass is 530 g/mol. The van der Waals surface area contributed by atoms with Crippen molar-refractivity contribution in [2.24, 2.45) is 0 Å². The van der Waals surface area contributed by atoms with E-state index in [0.29, 0.717) is 29.3 Å². The molecule has 2 heterocycles. The van der Waals surface area contributed by atoms with E-state index in [1.807, 2.05) is 48.6 Å². The third-order valence-corrected chi connectivity index (χ3v) is 6.62. The van der Waals surface area contributed by atoms with Crippen molar-refractivity contribution in [1.82, 2.24) is 0 Å². The van der Waals surface area contributed by atoms with Crippen molar-refractivity contribution in [2.75, 3.05) is 9.80 Å². The zero-order valence-corrected chi connectivity index (χ0v) is 21.1. The summed E-state index contributed by atoms with van der Waals surface area (Å²) in [6.07, 6.45) is 11.1. The van der Waals surface area contributed by atoms with Crippen molar-refractivity contribution >= 4 is 40.6 Å².